The molecule has 2 aromatic heterocycles. The van der Waals surface area contributed by atoms with Crippen LogP contribution in [0.1, 0.15) is 49.2 Å². The Morgan fingerprint density at radius 1 is 0.750 bits per heavy atom. The number of aromatic nitrogens is 4. The van der Waals surface area contributed by atoms with Crippen LogP contribution in [0.2, 0.25) is 0 Å². The molecule has 0 fully saturated rings. The lowest BCUT2D eigenvalue weighted by molar-refractivity contribution is -0.153. The average molecular weight is 555 g/mol. The fourth-order valence-electron chi connectivity index (χ4n) is 5.01. The van der Waals surface area contributed by atoms with E-state index in [0.29, 0.717) is 25.7 Å². The highest BCUT2D eigenvalue weighted by Gasteiger charge is 2.30. The summed E-state index contributed by atoms with van der Waals surface area (Å²) in [7, 11) is 3.77. The molecule has 0 radical (unpaired) electrons. The largest absolute Gasteiger partial charge is 0.461 e. The van der Waals surface area contributed by atoms with E-state index in [1.807, 2.05) is 61.3 Å². The molecule has 3 aromatic rings. The number of carbonyl (C=O) groups is 2. The highest BCUT2D eigenvalue weighted by atomic mass is 16.5. The van der Waals surface area contributed by atoms with Gasteiger partial charge in [0.2, 0.25) is 0 Å². The predicted octanol–water partition coefficient (Wildman–Crippen LogP) is 2.99. The first-order chi connectivity index (χ1) is 19.3. The van der Waals surface area contributed by atoms with Crippen LogP contribution in [-0.4, -0.2) is 54.5 Å². The maximum atomic E-state index is 12.9. The van der Waals surface area contributed by atoms with Gasteiger partial charge in [-0.2, -0.15) is 0 Å². The Kier molecular flexibility index (Phi) is 11.9. The van der Waals surface area contributed by atoms with Gasteiger partial charge in [0.15, 0.2) is 0 Å². The fraction of sp³-hybridized carbons (Fsp3) is 0.533. The maximum absolute atomic E-state index is 12.9. The number of hydrogen-bond donors (Lipinski definition) is 2. The van der Waals surface area contributed by atoms with Crippen molar-refractivity contribution in [3.05, 3.63) is 71.8 Å². The first kappa shape index (κ1) is 31.0. The van der Waals surface area contributed by atoms with Gasteiger partial charge in [0.1, 0.15) is 13.2 Å². The number of aryl methyl sites for hydroxylation is 2. The average Bonchev–Trinajstić information content (AvgIpc) is 3.57. The van der Waals surface area contributed by atoms with Gasteiger partial charge < -0.3 is 28.8 Å². The van der Waals surface area contributed by atoms with E-state index < -0.39 is 11.8 Å². The summed E-state index contributed by atoms with van der Waals surface area (Å²) < 4.78 is 15.0. The number of hydrogen-bond acceptors (Lipinski definition) is 8. The van der Waals surface area contributed by atoms with Crippen LogP contribution < -0.4 is 0 Å². The molecule has 10 heteroatoms. The Morgan fingerprint density at radius 2 is 1.12 bits per heavy atom. The van der Waals surface area contributed by atoms with E-state index in [1.165, 1.54) is 0 Å². The van der Waals surface area contributed by atoms with Crippen molar-refractivity contribution in [2.45, 2.75) is 52.7 Å². The van der Waals surface area contributed by atoms with Crippen molar-refractivity contribution in [3.63, 3.8) is 0 Å². The molecule has 1 aromatic carbocycles. The van der Waals surface area contributed by atoms with Crippen molar-refractivity contribution >= 4 is 11.9 Å². The fourth-order valence-corrected chi connectivity index (χ4v) is 5.01. The van der Waals surface area contributed by atoms with Crippen molar-refractivity contribution in [1.29, 1.82) is 0 Å². The minimum absolute atomic E-state index is 0.114. The molecule has 0 bridgehead atoms. The molecule has 4 unspecified atom stereocenters. The number of rotatable bonds is 16. The third-order valence-electron chi connectivity index (χ3n) is 7.65. The van der Waals surface area contributed by atoms with E-state index in [2.05, 4.69) is 9.97 Å². The van der Waals surface area contributed by atoms with Crippen molar-refractivity contribution in [2.75, 3.05) is 13.2 Å². The molecule has 0 aliphatic heterocycles. The van der Waals surface area contributed by atoms with Gasteiger partial charge in [-0.3, -0.25) is 9.59 Å². The molecule has 0 aliphatic carbocycles. The minimum atomic E-state index is -0.425. The molecule has 0 spiro atoms. The zero-order valence-corrected chi connectivity index (χ0v) is 23.9. The normalized spacial score (nSPS) is 14.3. The zero-order chi connectivity index (χ0) is 29.1. The molecule has 0 saturated carbocycles. The maximum Gasteiger partial charge on any atom is 0.309 e. The van der Waals surface area contributed by atoms with Gasteiger partial charge >= 0.3 is 11.9 Å². The Morgan fingerprint density at radius 3 is 1.40 bits per heavy atom. The van der Waals surface area contributed by atoms with E-state index >= 15 is 0 Å². The molecule has 218 valence electrons. The molecule has 40 heavy (non-hydrogen) atoms. The second-order valence-corrected chi connectivity index (χ2v) is 10.3. The summed E-state index contributed by atoms with van der Waals surface area (Å²) in [6.45, 7) is 3.82. The highest BCUT2D eigenvalue weighted by molar-refractivity contribution is 5.73. The van der Waals surface area contributed by atoms with Crippen LogP contribution in [0.3, 0.4) is 0 Å². The van der Waals surface area contributed by atoms with Gasteiger partial charge in [0.25, 0.3) is 0 Å². The number of ether oxygens (including phenoxy) is 2. The van der Waals surface area contributed by atoms with Gasteiger partial charge in [0.05, 0.1) is 24.5 Å². The van der Waals surface area contributed by atoms with Gasteiger partial charge in [-0.05, 0) is 36.8 Å². The number of aliphatic hydroxyl groups excluding tert-OH is 2. The first-order valence-corrected chi connectivity index (χ1v) is 13.8. The van der Waals surface area contributed by atoms with Crippen LogP contribution in [0.25, 0.3) is 0 Å². The number of imidazole rings is 2. The molecule has 0 aliphatic rings. The summed E-state index contributed by atoms with van der Waals surface area (Å²) in [6, 6.07) is 7.36. The third-order valence-corrected chi connectivity index (χ3v) is 7.65. The van der Waals surface area contributed by atoms with Gasteiger partial charge in [-0.25, -0.2) is 9.97 Å². The number of nitrogens with zero attached hydrogens (tertiary/aromatic N) is 4. The van der Waals surface area contributed by atoms with E-state index in [1.54, 1.807) is 25.0 Å². The molecule has 2 heterocycles. The SMILES string of the molecule is CCC(C(=O)OCc1ccc(COC(=O)C(CC)C(CO)Cc2cncn2C)cc1)C(CO)Cc1cncn1C. The van der Waals surface area contributed by atoms with Crippen molar-refractivity contribution in [2.24, 2.45) is 37.8 Å². The zero-order valence-electron chi connectivity index (χ0n) is 23.9. The molecule has 0 amide bonds. The Hall–Kier alpha value is -3.50. The van der Waals surface area contributed by atoms with Crippen molar-refractivity contribution in [3.8, 4) is 0 Å². The van der Waals surface area contributed by atoms with Gasteiger partial charge in [-0.15, -0.1) is 0 Å². The molecular weight excluding hydrogens is 512 g/mol. The molecule has 4 atom stereocenters. The first-order valence-electron chi connectivity index (χ1n) is 13.8. The van der Waals surface area contributed by atoms with Crippen LogP contribution >= 0.6 is 0 Å². The van der Waals surface area contributed by atoms with Crippen LogP contribution in [0.5, 0.6) is 0 Å². The molecular formula is C30H42N4O6. The second-order valence-electron chi connectivity index (χ2n) is 10.3. The van der Waals surface area contributed by atoms with Crippen LogP contribution in [-0.2, 0) is 59.2 Å². The van der Waals surface area contributed by atoms with Crippen LogP contribution in [0, 0.1) is 23.7 Å². The topological polar surface area (TPSA) is 129 Å². The summed E-state index contributed by atoms with van der Waals surface area (Å²) in [4.78, 5) is 33.9. The molecule has 3 rings (SSSR count). The summed E-state index contributed by atoms with van der Waals surface area (Å²) in [6.07, 6.45) is 9.08. The summed E-state index contributed by atoms with van der Waals surface area (Å²) in [5.41, 5.74) is 3.53. The monoisotopic (exact) mass is 554 g/mol. The van der Waals surface area contributed by atoms with E-state index in [0.717, 1.165) is 22.5 Å². The summed E-state index contributed by atoms with van der Waals surface area (Å²) >= 11 is 0. The summed E-state index contributed by atoms with van der Waals surface area (Å²) in [5, 5.41) is 19.9. The third kappa shape index (κ3) is 8.25. The Balaban J connectivity index is 1.50. The molecule has 2 N–H and O–H groups in total. The quantitative estimate of drug-likeness (QED) is 0.259. The Bertz CT molecular complexity index is 1110. The molecule has 10 nitrogen and oxygen atoms in total. The van der Waals surface area contributed by atoms with Gasteiger partial charge in [-0.1, -0.05) is 38.1 Å². The van der Waals surface area contributed by atoms with E-state index in [-0.39, 0.29) is 50.2 Å². The number of esters is 2. The second kappa shape index (κ2) is 15.3. The lowest BCUT2D eigenvalue weighted by Gasteiger charge is -2.23. The standard InChI is InChI=1S/C30H42N4O6/c1-5-27(23(15-35)11-25-13-31-19-33(25)3)29(37)39-17-21-7-9-22(10-8-21)18-40-30(38)28(6-2)24(16-36)12-26-14-32-20-34(26)4/h7-10,13-14,19-20,23-24,27-28,35-36H,5-6,11-12,15-18H2,1-4H3. The van der Waals surface area contributed by atoms with Crippen molar-refractivity contribution < 1.29 is 29.3 Å². The smallest absolute Gasteiger partial charge is 0.309 e. The Labute approximate surface area is 236 Å². The predicted molar refractivity (Wildman–Crippen MR) is 149 cm³/mol. The van der Waals surface area contributed by atoms with Crippen LogP contribution in [0.15, 0.2) is 49.3 Å². The van der Waals surface area contributed by atoms with Gasteiger partial charge in [0, 0.05) is 62.9 Å². The summed E-state index contributed by atoms with van der Waals surface area (Å²) in [5.74, 6) is -2.04. The number of benzene rings is 1. The van der Waals surface area contributed by atoms with E-state index in [4.69, 9.17) is 9.47 Å². The number of carbonyl (C=O) groups excluding carboxylic acids is 2. The minimum Gasteiger partial charge on any atom is -0.461 e. The van der Waals surface area contributed by atoms with Crippen molar-refractivity contribution in [1.82, 2.24) is 19.1 Å². The highest BCUT2D eigenvalue weighted by Crippen LogP contribution is 2.24. The lowest BCUT2D eigenvalue weighted by atomic mass is 9.87. The van der Waals surface area contributed by atoms with E-state index in [9.17, 15) is 19.8 Å². The number of aliphatic hydroxyl groups is 2. The lowest BCUT2D eigenvalue weighted by Crippen LogP contribution is -2.30. The molecule has 0 saturated heterocycles. The van der Waals surface area contributed by atoms with Crippen LogP contribution in [0.4, 0.5) is 0 Å².